The van der Waals surface area contributed by atoms with Gasteiger partial charge in [0.15, 0.2) is 5.96 Å². The predicted molar refractivity (Wildman–Crippen MR) is 79.3 cm³/mol. The molecular formula is C14H20N6. The molecule has 0 aliphatic carbocycles. The van der Waals surface area contributed by atoms with Gasteiger partial charge in [0.05, 0.1) is 18.8 Å². The third-order valence-electron chi connectivity index (χ3n) is 2.66. The second-order valence-electron chi connectivity index (χ2n) is 4.21. The molecule has 0 unspecified atom stereocenters. The maximum atomic E-state index is 4.50. The van der Waals surface area contributed by atoms with Crippen molar-refractivity contribution in [2.24, 2.45) is 4.99 Å². The predicted octanol–water partition coefficient (Wildman–Crippen LogP) is 1.03. The first-order valence-electron chi connectivity index (χ1n) is 6.78. The maximum Gasteiger partial charge on any atom is 0.191 e. The summed E-state index contributed by atoms with van der Waals surface area (Å²) < 4.78 is 1.88. The van der Waals surface area contributed by atoms with E-state index in [1.807, 2.05) is 42.1 Å². The van der Waals surface area contributed by atoms with Crippen LogP contribution >= 0.6 is 0 Å². The van der Waals surface area contributed by atoms with Crippen molar-refractivity contribution in [2.75, 3.05) is 13.1 Å². The van der Waals surface area contributed by atoms with Crippen molar-refractivity contribution in [3.63, 3.8) is 0 Å². The number of nitrogens with one attached hydrogen (secondary N) is 2. The zero-order chi connectivity index (χ0) is 14.0. The molecule has 0 aromatic carbocycles. The third kappa shape index (κ3) is 4.72. The fourth-order valence-corrected chi connectivity index (χ4v) is 1.72. The summed E-state index contributed by atoms with van der Waals surface area (Å²) in [4.78, 5) is 8.76. The van der Waals surface area contributed by atoms with Gasteiger partial charge in [-0.1, -0.05) is 6.07 Å². The monoisotopic (exact) mass is 272 g/mol. The van der Waals surface area contributed by atoms with Crippen LogP contribution in [-0.2, 0) is 13.1 Å². The first kappa shape index (κ1) is 14.0. The summed E-state index contributed by atoms with van der Waals surface area (Å²) in [6.07, 6.45) is 5.50. The molecule has 0 aliphatic heterocycles. The minimum atomic E-state index is 0.567. The summed E-state index contributed by atoms with van der Waals surface area (Å²) in [6, 6.07) is 7.76. The molecule has 2 aromatic rings. The van der Waals surface area contributed by atoms with Gasteiger partial charge in [-0.15, -0.1) is 0 Å². The Balaban J connectivity index is 1.82. The topological polar surface area (TPSA) is 67.1 Å². The van der Waals surface area contributed by atoms with Gasteiger partial charge in [0, 0.05) is 31.7 Å². The van der Waals surface area contributed by atoms with E-state index in [1.54, 1.807) is 12.4 Å². The van der Waals surface area contributed by atoms with Crippen LogP contribution in [0.25, 0.3) is 0 Å². The summed E-state index contributed by atoms with van der Waals surface area (Å²) in [5, 5.41) is 10.7. The molecular weight excluding hydrogens is 252 g/mol. The number of hydrogen-bond acceptors (Lipinski definition) is 3. The number of aliphatic imine (C=N–C) groups is 1. The molecule has 6 heteroatoms. The molecule has 6 nitrogen and oxygen atoms in total. The molecule has 20 heavy (non-hydrogen) atoms. The lowest BCUT2D eigenvalue weighted by Gasteiger charge is -2.11. The number of hydrogen-bond donors (Lipinski definition) is 2. The molecule has 0 radical (unpaired) electrons. The van der Waals surface area contributed by atoms with E-state index in [0.29, 0.717) is 6.54 Å². The average molecular weight is 272 g/mol. The summed E-state index contributed by atoms with van der Waals surface area (Å²) >= 11 is 0. The molecule has 0 bridgehead atoms. The lowest BCUT2D eigenvalue weighted by Crippen LogP contribution is -2.38. The summed E-state index contributed by atoms with van der Waals surface area (Å²) in [7, 11) is 0. The van der Waals surface area contributed by atoms with Crippen LogP contribution < -0.4 is 10.6 Å². The van der Waals surface area contributed by atoms with Gasteiger partial charge in [0.2, 0.25) is 0 Å². The van der Waals surface area contributed by atoms with Crippen molar-refractivity contribution in [1.82, 2.24) is 25.4 Å². The molecule has 0 amide bonds. The number of nitrogens with zero attached hydrogens (tertiary/aromatic N) is 4. The molecule has 0 aliphatic rings. The van der Waals surface area contributed by atoms with Crippen LogP contribution in [0.4, 0.5) is 0 Å². The van der Waals surface area contributed by atoms with E-state index in [0.717, 1.165) is 31.3 Å². The molecule has 2 rings (SSSR count). The van der Waals surface area contributed by atoms with E-state index >= 15 is 0 Å². The van der Waals surface area contributed by atoms with E-state index < -0.39 is 0 Å². The van der Waals surface area contributed by atoms with Crippen LogP contribution in [0.2, 0.25) is 0 Å². The lowest BCUT2D eigenvalue weighted by atomic mass is 10.3. The number of guanidine groups is 1. The molecule has 0 saturated heterocycles. The van der Waals surface area contributed by atoms with Gasteiger partial charge in [0.1, 0.15) is 0 Å². The number of pyridine rings is 1. The van der Waals surface area contributed by atoms with E-state index in [4.69, 9.17) is 0 Å². The molecule has 2 aromatic heterocycles. The Morgan fingerprint density at radius 2 is 2.20 bits per heavy atom. The van der Waals surface area contributed by atoms with Gasteiger partial charge in [-0.2, -0.15) is 5.10 Å². The number of rotatable bonds is 6. The second-order valence-corrected chi connectivity index (χ2v) is 4.21. The quantitative estimate of drug-likeness (QED) is 0.609. The van der Waals surface area contributed by atoms with Gasteiger partial charge in [-0.25, -0.2) is 4.99 Å². The highest BCUT2D eigenvalue weighted by molar-refractivity contribution is 5.79. The average Bonchev–Trinajstić information content (AvgIpc) is 2.99. The SMILES string of the molecule is CCNC(=NCc1ccccn1)NCCn1cccn1. The van der Waals surface area contributed by atoms with E-state index in [9.17, 15) is 0 Å². The van der Waals surface area contributed by atoms with Crippen molar-refractivity contribution in [2.45, 2.75) is 20.0 Å². The smallest absolute Gasteiger partial charge is 0.191 e. The second kappa shape index (κ2) is 7.93. The third-order valence-corrected chi connectivity index (χ3v) is 2.66. The molecule has 0 saturated carbocycles. The van der Waals surface area contributed by atoms with Crippen LogP contribution in [0, 0.1) is 0 Å². The molecule has 0 atom stereocenters. The van der Waals surface area contributed by atoms with E-state index in [-0.39, 0.29) is 0 Å². The van der Waals surface area contributed by atoms with Crippen molar-refractivity contribution in [3.8, 4) is 0 Å². The van der Waals surface area contributed by atoms with E-state index in [1.165, 1.54) is 0 Å². The van der Waals surface area contributed by atoms with Crippen molar-refractivity contribution in [3.05, 3.63) is 48.5 Å². The Bertz CT molecular complexity index is 506. The Kier molecular flexibility index (Phi) is 5.57. The summed E-state index contributed by atoms with van der Waals surface area (Å²) in [5.74, 6) is 0.797. The van der Waals surface area contributed by atoms with Gasteiger partial charge in [-0.3, -0.25) is 9.67 Å². The van der Waals surface area contributed by atoms with Gasteiger partial charge in [-0.05, 0) is 25.1 Å². The van der Waals surface area contributed by atoms with Crippen molar-refractivity contribution >= 4 is 5.96 Å². The highest BCUT2D eigenvalue weighted by Crippen LogP contribution is 1.95. The first-order valence-corrected chi connectivity index (χ1v) is 6.78. The fraction of sp³-hybridized carbons (Fsp3) is 0.357. The molecule has 2 heterocycles. The zero-order valence-electron chi connectivity index (χ0n) is 11.7. The van der Waals surface area contributed by atoms with Gasteiger partial charge in [0.25, 0.3) is 0 Å². The van der Waals surface area contributed by atoms with Crippen LogP contribution in [-0.4, -0.2) is 33.8 Å². The summed E-state index contributed by atoms with van der Waals surface area (Å²) in [6.45, 7) is 5.02. The Labute approximate surface area is 119 Å². The lowest BCUT2D eigenvalue weighted by molar-refractivity contribution is 0.597. The Morgan fingerprint density at radius 3 is 2.90 bits per heavy atom. The fourth-order valence-electron chi connectivity index (χ4n) is 1.72. The standard InChI is InChI=1S/C14H20N6/c1-2-15-14(17-9-11-20-10-5-8-19-20)18-12-13-6-3-4-7-16-13/h3-8,10H,2,9,11-12H2,1H3,(H2,15,17,18). The zero-order valence-corrected chi connectivity index (χ0v) is 11.7. The van der Waals surface area contributed by atoms with Crippen molar-refractivity contribution < 1.29 is 0 Å². The number of aromatic nitrogens is 3. The Hall–Kier alpha value is -2.37. The van der Waals surface area contributed by atoms with Gasteiger partial charge >= 0.3 is 0 Å². The largest absolute Gasteiger partial charge is 0.357 e. The molecule has 0 fully saturated rings. The van der Waals surface area contributed by atoms with Crippen LogP contribution in [0.1, 0.15) is 12.6 Å². The van der Waals surface area contributed by atoms with Crippen LogP contribution in [0.5, 0.6) is 0 Å². The Morgan fingerprint density at radius 1 is 1.25 bits per heavy atom. The summed E-state index contributed by atoms with van der Waals surface area (Å²) in [5.41, 5.74) is 0.955. The maximum absolute atomic E-state index is 4.50. The van der Waals surface area contributed by atoms with Gasteiger partial charge < -0.3 is 10.6 Å². The van der Waals surface area contributed by atoms with Crippen LogP contribution in [0.3, 0.4) is 0 Å². The molecule has 106 valence electrons. The molecule has 2 N–H and O–H groups in total. The van der Waals surface area contributed by atoms with E-state index in [2.05, 4.69) is 25.7 Å². The highest BCUT2D eigenvalue weighted by atomic mass is 15.3. The highest BCUT2D eigenvalue weighted by Gasteiger charge is 1.98. The van der Waals surface area contributed by atoms with Crippen LogP contribution in [0.15, 0.2) is 47.8 Å². The minimum Gasteiger partial charge on any atom is -0.357 e. The first-order chi connectivity index (χ1) is 9.88. The van der Waals surface area contributed by atoms with Crippen molar-refractivity contribution in [1.29, 1.82) is 0 Å². The normalized spacial score (nSPS) is 11.3. The minimum absolute atomic E-state index is 0.567. The molecule has 0 spiro atoms.